The molecule has 1 heterocycles. The Morgan fingerprint density at radius 3 is 2.70 bits per heavy atom. The van der Waals surface area contributed by atoms with Crippen LogP contribution in [-0.2, 0) is 0 Å². The minimum atomic E-state index is 0. The van der Waals surface area contributed by atoms with Gasteiger partial charge in [-0.05, 0) is 50.6 Å². The second kappa shape index (κ2) is 8.08. The summed E-state index contributed by atoms with van der Waals surface area (Å²) in [7, 11) is 1.86. The SMILES string of the molecule is CN(C(=O)c1ccc(Cl)c(Cl)c1)C1CCCNCC1.Cl. The fraction of sp³-hybridized carbons (Fsp3) is 0.500. The molecule has 0 bridgehead atoms. The number of hydrogen-bond donors (Lipinski definition) is 1. The van der Waals surface area contributed by atoms with Crippen LogP contribution in [0.4, 0.5) is 0 Å². The summed E-state index contributed by atoms with van der Waals surface area (Å²) in [5.41, 5.74) is 0.592. The Bertz CT molecular complexity index is 460. The number of hydrogen-bond acceptors (Lipinski definition) is 2. The van der Waals surface area contributed by atoms with Crippen molar-refractivity contribution in [2.24, 2.45) is 0 Å². The maximum Gasteiger partial charge on any atom is 0.253 e. The van der Waals surface area contributed by atoms with Gasteiger partial charge in [-0.3, -0.25) is 4.79 Å². The van der Waals surface area contributed by atoms with Gasteiger partial charge in [-0.2, -0.15) is 0 Å². The maximum absolute atomic E-state index is 12.4. The first-order valence-electron chi connectivity index (χ1n) is 6.52. The Morgan fingerprint density at radius 2 is 2.00 bits per heavy atom. The molecule has 20 heavy (non-hydrogen) atoms. The largest absolute Gasteiger partial charge is 0.339 e. The van der Waals surface area contributed by atoms with E-state index in [0.29, 0.717) is 15.6 Å². The molecule has 1 saturated heterocycles. The molecule has 3 nitrogen and oxygen atoms in total. The second-order valence-corrected chi connectivity index (χ2v) is 5.69. The summed E-state index contributed by atoms with van der Waals surface area (Å²) in [6.07, 6.45) is 3.13. The Kier molecular flexibility index (Phi) is 7.10. The van der Waals surface area contributed by atoms with Crippen molar-refractivity contribution in [1.82, 2.24) is 10.2 Å². The average Bonchev–Trinajstić information content (AvgIpc) is 2.69. The van der Waals surface area contributed by atoms with Gasteiger partial charge in [-0.15, -0.1) is 12.4 Å². The van der Waals surface area contributed by atoms with Crippen molar-refractivity contribution in [3.8, 4) is 0 Å². The molecule has 0 aromatic heterocycles. The van der Waals surface area contributed by atoms with E-state index in [4.69, 9.17) is 23.2 Å². The van der Waals surface area contributed by atoms with Crippen LogP contribution in [0.5, 0.6) is 0 Å². The molecule has 1 aliphatic heterocycles. The van der Waals surface area contributed by atoms with Crippen LogP contribution in [0.25, 0.3) is 0 Å². The quantitative estimate of drug-likeness (QED) is 0.894. The molecule has 1 aromatic carbocycles. The number of rotatable bonds is 2. The third-order valence-corrected chi connectivity index (χ3v) is 4.32. The highest BCUT2D eigenvalue weighted by atomic mass is 35.5. The monoisotopic (exact) mass is 336 g/mol. The average molecular weight is 338 g/mol. The topological polar surface area (TPSA) is 32.3 Å². The summed E-state index contributed by atoms with van der Waals surface area (Å²) in [5.74, 6) is 0.00506. The van der Waals surface area contributed by atoms with E-state index in [9.17, 15) is 4.79 Å². The Balaban J connectivity index is 0.00000200. The van der Waals surface area contributed by atoms with E-state index >= 15 is 0 Å². The first-order chi connectivity index (χ1) is 9.09. The van der Waals surface area contributed by atoms with Crippen LogP contribution in [0.3, 0.4) is 0 Å². The zero-order valence-electron chi connectivity index (χ0n) is 11.4. The molecule has 1 aromatic rings. The standard InChI is InChI=1S/C14H18Cl2N2O.ClH/c1-18(11-3-2-7-17-8-6-11)14(19)10-4-5-12(15)13(16)9-10;/h4-5,9,11,17H,2-3,6-8H2,1H3;1H. The van der Waals surface area contributed by atoms with Crippen molar-refractivity contribution in [2.45, 2.75) is 25.3 Å². The van der Waals surface area contributed by atoms with E-state index in [1.165, 1.54) is 0 Å². The molecule has 1 amide bonds. The number of halogens is 3. The van der Waals surface area contributed by atoms with Crippen LogP contribution in [0, 0.1) is 0 Å². The summed E-state index contributed by atoms with van der Waals surface area (Å²) in [5, 5.41) is 4.24. The van der Waals surface area contributed by atoms with E-state index in [0.717, 1.165) is 32.4 Å². The molecule has 1 N–H and O–H groups in total. The van der Waals surface area contributed by atoms with Gasteiger partial charge in [0.05, 0.1) is 10.0 Å². The number of carbonyl (C=O) groups is 1. The smallest absolute Gasteiger partial charge is 0.253 e. The minimum absolute atomic E-state index is 0. The molecule has 6 heteroatoms. The highest BCUT2D eigenvalue weighted by Gasteiger charge is 2.22. The van der Waals surface area contributed by atoms with Gasteiger partial charge in [0.25, 0.3) is 5.91 Å². The fourth-order valence-corrected chi connectivity index (χ4v) is 2.68. The van der Waals surface area contributed by atoms with Crippen molar-refractivity contribution < 1.29 is 4.79 Å². The predicted octanol–water partition coefficient (Wildman–Crippen LogP) is 3.63. The normalized spacial score (nSPS) is 18.9. The van der Waals surface area contributed by atoms with E-state index < -0.39 is 0 Å². The van der Waals surface area contributed by atoms with Gasteiger partial charge in [-0.25, -0.2) is 0 Å². The molecule has 1 aliphatic rings. The molecule has 0 radical (unpaired) electrons. The molecule has 1 atom stereocenters. The van der Waals surface area contributed by atoms with Crippen LogP contribution in [0.1, 0.15) is 29.6 Å². The van der Waals surface area contributed by atoms with Crippen molar-refractivity contribution in [2.75, 3.05) is 20.1 Å². The molecule has 1 unspecified atom stereocenters. The van der Waals surface area contributed by atoms with Gasteiger partial charge in [0.15, 0.2) is 0 Å². The van der Waals surface area contributed by atoms with E-state index in [1.54, 1.807) is 18.2 Å². The minimum Gasteiger partial charge on any atom is -0.339 e. The molecule has 0 spiro atoms. The van der Waals surface area contributed by atoms with Crippen LogP contribution in [0.2, 0.25) is 10.0 Å². The molecule has 0 saturated carbocycles. The van der Waals surface area contributed by atoms with Crippen LogP contribution < -0.4 is 5.32 Å². The first kappa shape index (κ1) is 17.6. The Labute approximate surface area is 136 Å². The zero-order chi connectivity index (χ0) is 13.8. The van der Waals surface area contributed by atoms with Crippen molar-refractivity contribution >= 4 is 41.5 Å². The molecule has 112 valence electrons. The third-order valence-electron chi connectivity index (χ3n) is 3.58. The number of carbonyl (C=O) groups excluding carboxylic acids is 1. The lowest BCUT2D eigenvalue weighted by Gasteiger charge is -2.27. The lowest BCUT2D eigenvalue weighted by molar-refractivity contribution is 0.0720. The summed E-state index contributed by atoms with van der Waals surface area (Å²) in [6, 6.07) is 5.32. The van der Waals surface area contributed by atoms with Gasteiger partial charge < -0.3 is 10.2 Å². The lowest BCUT2D eigenvalue weighted by atomic mass is 10.1. The second-order valence-electron chi connectivity index (χ2n) is 4.88. The van der Waals surface area contributed by atoms with Crippen LogP contribution >= 0.6 is 35.6 Å². The molecule has 2 rings (SSSR count). The summed E-state index contributed by atoms with van der Waals surface area (Å²) >= 11 is 11.8. The van der Waals surface area contributed by atoms with Crippen molar-refractivity contribution in [3.63, 3.8) is 0 Å². The van der Waals surface area contributed by atoms with E-state index in [-0.39, 0.29) is 24.4 Å². The lowest BCUT2D eigenvalue weighted by Crippen LogP contribution is -2.37. The fourth-order valence-electron chi connectivity index (χ4n) is 2.39. The van der Waals surface area contributed by atoms with Gasteiger partial charge in [0.1, 0.15) is 0 Å². The maximum atomic E-state index is 12.4. The highest BCUT2D eigenvalue weighted by molar-refractivity contribution is 6.42. The van der Waals surface area contributed by atoms with Crippen molar-refractivity contribution in [1.29, 1.82) is 0 Å². The van der Waals surface area contributed by atoms with Gasteiger partial charge in [0, 0.05) is 18.7 Å². The van der Waals surface area contributed by atoms with Gasteiger partial charge in [-0.1, -0.05) is 23.2 Å². The number of nitrogens with one attached hydrogen (secondary N) is 1. The third kappa shape index (κ3) is 4.26. The van der Waals surface area contributed by atoms with E-state index in [2.05, 4.69) is 5.32 Å². The molecule has 1 fully saturated rings. The van der Waals surface area contributed by atoms with E-state index in [1.807, 2.05) is 11.9 Å². The highest BCUT2D eigenvalue weighted by Crippen LogP contribution is 2.24. The zero-order valence-corrected chi connectivity index (χ0v) is 13.7. The Hall–Kier alpha value is -0.480. The van der Waals surface area contributed by atoms with Gasteiger partial charge in [0.2, 0.25) is 0 Å². The van der Waals surface area contributed by atoms with Crippen LogP contribution in [-0.4, -0.2) is 37.0 Å². The molecular weight excluding hydrogens is 319 g/mol. The summed E-state index contributed by atoms with van der Waals surface area (Å²) in [6.45, 7) is 2.00. The van der Waals surface area contributed by atoms with Crippen molar-refractivity contribution in [3.05, 3.63) is 33.8 Å². The molecular formula is C14H19Cl3N2O. The molecule has 0 aliphatic carbocycles. The van der Waals surface area contributed by atoms with Crippen LogP contribution in [0.15, 0.2) is 18.2 Å². The first-order valence-corrected chi connectivity index (χ1v) is 7.28. The summed E-state index contributed by atoms with van der Waals surface area (Å²) < 4.78 is 0. The Morgan fingerprint density at radius 1 is 1.25 bits per heavy atom. The predicted molar refractivity (Wildman–Crippen MR) is 86.3 cm³/mol. The van der Waals surface area contributed by atoms with Gasteiger partial charge >= 0.3 is 0 Å². The number of nitrogens with zero attached hydrogens (tertiary/aromatic N) is 1. The summed E-state index contributed by atoms with van der Waals surface area (Å²) in [4.78, 5) is 14.2. The number of benzene rings is 1. The number of amides is 1.